The number of fused-ring (bicyclic) bond motifs is 2. The van der Waals surface area contributed by atoms with E-state index >= 15 is 0 Å². The SMILES string of the molecule is CCC1OC(=O)C(C)C2(O)OC(C)(CC(C)CN(C)C(C)C(=O)C1(C)O)C(OC1OC(C)CC(N(C)C)C1O)C2C. The molecule has 0 saturated carbocycles. The van der Waals surface area contributed by atoms with Crippen LogP contribution in [0.3, 0.4) is 0 Å². The highest BCUT2D eigenvalue weighted by atomic mass is 16.7. The third-order valence-corrected chi connectivity index (χ3v) is 9.79. The number of hydrogen-bond donors (Lipinski definition) is 3. The van der Waals surface area contributed by atoms with Crippen LogP contribution in [0.1, 0.15) is 74.7 Å². The van der Waals surface area contributed by atoms with Gasteiger partial charge in [-0.15, -0.1) is 0 Å². The first-order valence-electron chi connectivity index (χ1n) is 15.0. The Kier molecular flexibility index (Phi) is 10.4. The molecule has 3 rings (SSSR count). The second kappa shape index (κ2) is 12.4. The Morgan fingerprint density at radius 2 is 1.71 bits per heavy atom. The molecule has 0 aromatic heterocycles. The monoisotopic (exact) mass is 586 g/mol. The number of nitrogens with zero attached hydrogens (tertiary/aromatic N) is 2. The zero-order valence-corrected chi connectivity index (χ0v) is 26.8. The van der Waals surface area contributed by atoms with Crippen molar-refractivity contribution in [2.45, 2.75) is 134 Å². The molecule has 3 fully saturated rings. The van der Waals surface area contributed by atoms with Crippen molar-refractivity contribution >= 4 is 11.8 Å². The van der Waals surface area contributed by atoms with Gasteiger partial charge >= 0.3 is 5.97 Å². The number of hydrogen-bond acceptors (Lipinski definition) is 11. The predicted molar refractivity (Wildman–Crippen MR) is 152 cm³/mol. The minimum Gasteiger partial charge on any atom is -0.458 e. The number of carbonyl (C=O) groups is 2. The van der Waals surface area contributed by atoms with E-state index in [1.807, 2.05) is 51.7 Å². The Morgan fingerprint density at radius 1 is 1.10 bits per heavy atom. The molecule has 13 atom stereocenters. The fourth-order valence-corrected chi connectivity index (χ4v) is 7.17. The summed E-state index contributed by atoms with van der Waals surface area (Å²) >= 11 is 0. The smallest absolute Gasteiger partial charge is 0.314 e. The van der Waals surface area contributed by atoms with Gasteiger partial charge in [-0.3, -0.25) is 14.5 Å². The average molecular weight is 587 g/mol. The van der Waals surface area contributed by atoms with Crippen molar-refractivity contribution in [1.82, 2.24) is 9.80 Å². The summed E-state index contributed by atoms with van der Waals surface area (Å²) in [5.74, 6) is -5.15. The number of carbonyl (C=O) groups excluding carboxylic acids is 2. The first-order chi connectivity index (χ1) is 18.8. The van der Waals surface area contributed by atoms with E-state index < -0.39 is 71.2 Å². The molecule has 0 radical (unpaired) electrons. The maximum absolute atomic E-state index is 13.5. The van der Waals surface area contributed by atoms with E-state index in [9.17, 15) is 24.9 Å². The van der Waals surface area contributed by atoms with Crippen molar-refractivity contribution in [2.75, 3.05) is 27.7 Å². The summed E-state index contributed by atoms with van der Waals surface area (Å²) in [6.07, 6.45) is -2.69. The van der Waals surface area contributed by atoms with Crippen LogP contribution < -0.4 is 0 Å². The molecular weight excluding hydrogens is 532 g/mol. The van der Waals surface area contributed by atoms with Crippen LogP contribution in [0.5, 0.6) is 0 Å². The standard InChI is InChI=1S/C30H54N2O9/c1-12-22-29(8,36)24(34)20(6)32(11)15-16(2)14-28(7)25(18(4)30(37,41-28)19(5)26(35)39-22)40-27-23(33)21(31(9)10)13-17(3)38-27/h16-23,25,27,33,36-37H,12-15H2,1-11H3. The van der Waals surface area contributed by atoms with E-state index in [0.717, 1.165) is 0 Å². The zero-order chi connectivity index (χ0) is 31.2. The predicted octanol–water partition coefficient (Wildman–Crippen LogP) is 1.55. The molecular formula is C30H54N2O9. The molecule has 11 nitrogen and oxygen atoms in total. The van der Waals surface area contributed by atoms with Gasteiger partial charge in [0.05, 0.1) is 23.9 Å². The molecule has 3 saturated heterocycles. The molecule has 2 bridgehead atoms. The van der Waals surface area contributed by atoms with E-state index in [1.54, 1.807) is 20.8 Å². The summed E-state index contributed by atoms with van der Waals surface area (Å²) in [6, 6.07) is -0.830. The molecule has 0 amide bonds. The van der Waals surface area contributed by atoms with E-state index in [0.29, 0.717) is 19.4 Å². The molecule has 3 heterocycles. The van der Waals surface area contributed by atoms with Gasteiger partial charge in [-0.25, -0.2) is 0 Å². The van der Waals surface area contributed by atoms with Crippen molar-refractivity contribution in [3.63, 3.8) is 0 Å². The summed E-state index contributed by atoms with van der Waals surface area (Å²) in [7, 11) is 5.62. The third-order valence-electron chi connectivity index (χ3n) is 9.79. The maximum Gasteiger partial charge on any atom is 0.314 e. The number of Topliss-reactive ketones (excluding diaryl/α,β-unsaturated/α-hetero) is 1. The van der Waals surface area contributed by atoms with Crippen LogP contribution >= 0.6 is 0 Å². The summed E-state index contributed by atoms with van der Waals surface area (Å²) < 4.78 is 24.8. The third kappa shape index (κ3) is 6.52. The largest absolute Gasteiger partial charge is 0.458 e. The normalized spacial score (nSPS) is 49.1. The summed E-state index contributed by atoms with van der Waals surface area (Å²) in [5, 5.41) is 34.5. The van der Waals surface area contributed by atoms with Crippen LogP contribution in [-0.2, 0) is 28.5 Å². The zero-order valence-electron chi connectivity index (χ0n) is 26.8. The molecule has 3 aliphatic rings. The highest BCUT2D eigenvalue weighted by Gasteiger charge is 2.64. The highest BCUT2D eigenvalue weighted by Crippen LogP contribution is 2.50. The molecule has 0 spiro atoms. The summed E-state index contributed by atoms with van der Waals surface area (Å²) in [5.41, 5.74) is -3.00. The molecule has 3 aliphatic heterocycles. The number of rotatable bonds is 4. The Morgan fingerprint density at radius 3 is 2.27 bits per heavy atom. The number of aliphatic hydroxyl groups is 3. The lowest BCUT2D eigenvalue weighted by Gasteiger charge is -2.44. The number of ether oxygens (including phenoxy) is 4. The van der Waals surface area contributed by atoms with Crippen LogP contribution in [0, 0.1) is 17.8 Å². The van der Waals surface area contributed by atoms with Crippen molar-refractivity contribution in [1.29, 1.82) is 0 Å². The first kappa shape index (κ1) is 34.3. The van der Waals surface area contributed by atoms with Crippen LogP contribution in [0.2, 0.25) is 0 Å². The van der Waals surface area contributed by atoms with Gasteiger partial charge in [-0.2, -0.15) is 0 Å². The van der Waals surface area contributed by atoms with Crippen LogP contribution in [0.15, 0.2) is 0 Å². The van der Waals surface area contributed by atoms with Crippen molar-refractivity contribution < 1.29 is 43.9 Å². The molecule has 11 heteroatoms. The molecule has 0 aromatic carbocycles. The molecule has 0 aliphatic carbocycles. The summed E-state index contributed by atoms with van der Waals surface area (Å²) in [6.45, 7) is 14.4. The van der Waals surface area contributed by atoms with Crippen LogP contribution in [-0.4, -0.2) is 124 Å². The second-order valence-electron chi connectivity index (χ2n) is 13.6. The Bertz CT molecular complexity index is 947. The number of likely N-dealkylation sites (N-methyl/N-ethyl adjacent to an activating group) is 2. The van der Waals surface area contributed by atoms with Crippen molar-refractivity contribution in [3.8, 4) is 0 Å². The lowest BCUT2D eigenvalue weighted by Crippen LogP contribution is -2.57. The van der Waals surface area contributed by atoms with E-state index in [4.69, 9.17) is 18.9 Å². The van der Waals surface area contributed by atoms with Gasteiger partial charge in [0.1, 0.15) is 18.1 Å². The molecule has 238 valence electrons. The molecule has 41 heavy (non-hydrogen) atoms. The Balaban J connectivity index is 2.04. The van der Waals surface area contributed by atoms with Gasteiger partial charge in [-0.05, 0) is 80.9 Å². The lowest BCUT2D eigenvalue weighted by atomic mass is 9.80. The van der Waals surface area contributed by atoms with Gasteiger partial charge in [0.25, 0.3) is 0 Å². The van der Waals surface area contributed by atoms with Gasteiger partial charge < -0.3 is 39.2 Å². The van der Waals surface area contributed by atoms with Crippen molar-refractivity contribution in [3.05, 3.63) is 0 Å². The van der Waals surface area contributed by atoms with E-state index in [2.05, 4.69) is 0 Å². The topological polar surface area (TPSA) is 138 Å². The van der Waals surface area contributed by atoms with Gasteiger partial charge in [0, 0.05) is 18.5 Å². The maximum atomic E-state index is 13.5. The van der Waals surface area contributed by atoms with E-state index in [1.165, 1.54) is 13.8 Å². The van der Waals surface area contributed by atoms with Gasteiger partial charge in [0.15, 0.2) is 23.5 Å². The molecule has 13 unspecified atom stereocenters. The fourth-order valence-electron chi connectivity index (χ4n) is 7.17. The quantitative estimate of drug-likeness (QED) is 0.414. The minimum absolute atomic E-state index is 0.0383. The van der Waals surface area contributed by atoms with E-state index in [-0.39, 0.29) is 24.5 Å². The second-order valence-corrected chi connectivity index (χ2v) is 13.6. The minimum atomic E-state index is -1.99. The van der Waals surface area contributed by atoms with Crippen LogP contribution in [0.25, 0.3) is 0 Å². The number of cyclic esters (lactones) is 1. The Labute approximate surface area is 245 Å². The lowest BCUT2D eigenvalue weighted by molar-refractivity contribution is -0.286. The summed E-state index contributed by atoms with van der Waals surface area (Å²) in [4.78, 5) is 30.7. The highest BCUT2D eigenvalue weighted by molar-refractivity contribution is 5.92. The Hall–Kier alpha value is -1.18. The van der Waals surface area contributed by atoms with Crippen molar-refractivity contribution in [2.24, 2.45) is 17.8 Å². The first-order valence-corrected chi connectivity index (χ1v) is 15.0. The van der Waals surface area contributed by atoms with Crippen LogP contribution in [0.4, 0.5) is 0 Å². The average Bonchev–Trinajstić information content (AvgIpc) is 3.06. The number of ketones is 1. The molecule has 3 N–H and O–H groups in total. The fraction of sp³-hybridized carbons (Fsp3) is 0.933. The number of aliphatic hydroxyl groups excluding tert-OH is 1. The van der Waals surface area contributed by atoms with Gasteiger partial charge in [-0.1, -0.05) is 20.8 Å². The molecule has 0 aromatic rings. The number of esters is 1. The van der Waals surface area contributed by atoms with Gasteiger partial charge in [0.2, 0.25) is 0 Å².